The van der Waals surface area contributed by atoms with E-state index in [0.717, 1.165) is 23.0 Å². The lowest BCUT2D eigenvalue weighted by Crippen LogP contribution is -2.34. The van der Waals surface area contributed by atoms with E-state index in [1.165, 1.54) is 11.8 Å². The predicted octanol–water partition coefficient (Wildman–Crippen LogP) is 4.66. The molecule has 2 aromatic carbocycles. The van der Waals surface area contributed by atoms with E-state index in [1.807, 2.05) is 85.4 Å². The van der Waals surface area contributed by atoms with Crippen LogP contribution in [0.4, 0.5) is 11.4 Å². The van der Waals surface area contributed by atoms with Crippen LogP contribution in [0, 0.1) is 0 Å². The van der Waals surface area contributed by atoms with E-state index in [4.69, 9.17) is 0 Å². The molecule has 0 N–H and O–H groups in total. The lowest BCUT2D eigenvalue weighted by Gasteiger charge is -2.26. The number of anilines is 2. The third-order valence-electron chi connectivity index (χ3n) is 3.92. The van der Waals surface area contributed by atoms with Crippen LogP contribution >= 0.6 is 11.8 Å². The molecule has 0 spiro atoms. The zero-order chi connectivity index (χ0) is 17.6. The van der Waals surface area contributed by atoms with Crippen LogP contribution in [0.2, 0.25) is 0 Å². The molecule has 1 unspecified atom stereocenters. The van der Waals surface area contributed by atoms with E-state index in [1.54, 1.807) is 11.1 Å². The molecule has 0 saturated carbocycles. The lowest BCUT2D eigenvalue weighted by atomic mass is 10.2. The predicted molar refractivity (Wildman–Crippen MR) is 103 cm³/mol. The Balaban J connectivity index is 1.94. The smallest absolute Gasteiger partial charge is 0.245 e. The zero-order valence-electron chi connectivity index (χ0n) is 14.4. The van der Waals surface area contributed by atoms with Gasteiger partial charge in [-0.2, -0.15) is 0 Å². The summed E-state index contributed by atoms with van der Waals surface area (Å²) in [5.74, 6) is 0.0629. The molecule has 3 aromatic rings. The van der Waals surface area contributed by atoms with Gasteiger partial charge in [-0.05, 0) is 30.7 Å². The average molecular weight is 351 g/mol. The number of nitrogens with zero attached hydrogens (tertiary/aromatic N) is 3. The Hall–Kier alpha value is -2.53. The van der Waals surface area contributed by atoms with Crippen LogP contribution in [0.25, 0.3) is 0 Å². The first-order chi connectivity index (χ1) is 12.2. The highest BCUT2D eigenvalue weighted by Crippen LogP contribution is 2.31. The maximum Gasteiger partial charge on any atom is 0.245 e. The van der Waals surface area contributed by atoms with Crippen molar-refractivity contribution in [2.75, 3.05) is 4.90 Å². The number of benzene rings is 2. The molecular formula is C20H21N3OS. The van der Waals surface area contributed by atoms with Crippen molar-refractivity contribution < 1.29 is 4.79 Å². The van der Waals surface area contributed by atoms with E-state index >= 15 is 0 Å². The molecule has 1 amide bonds. The number of hydrogen-bond acceptors (Lipinski definition) is 3. The molecule has 0 aliphatic heterocycles. The van der Waals surface area contributed by atoms with Gasteiger partial charge in [0, 0.05) is 30.8 Å². The van der Waals surface area contributed by atoms with Gasteiger partial charge in [0.05, 0.1) is 5.25 Å². The van der Waals surface area contributed by atoms with Crippen LogP contribution in [0.5, 0.6) is 0 Å². The topological polar surface area (TPSA) is 38.1 Å². The highest BCUT2D eigenvalue weighted by Gasteiger charge is 2.27. The van der Waals surface area contributed by atoms with Crippen LogP contribution in [-0.2, 0) is 11.8 Å². The van der Waals surface area contributed by atoms with Crippen LogP contribution < -0.4 is 4.90 Å². The summed E-state index contributed by atoms with van der Waals surface area (Å²) in [6.07, 6.45) is 4.38. The van der Waals surface area contributed by atoms with Gasteiger partial charge in [0.1, 0.15) is 0 Å². The maximum absolute atomic E-state index is 13.4. The summed E-state index contributed by atoms with van der Waals surface area (Å²) in [4.78, 5) is 19.5. The zero-order valence-corrected chi connectivity index (χ0v) is 15.2. The van der Waals surface area contributed by atoms with E-state index in [0.29, 0.717) is 0 Å². The Morgan fingerprint density at radius 2 is 1.64 bits per heavy atom. The van der Waals surface area contributed by atoms with Crippen LogP contribution in [-0.4, -0.2) is 20.7 Å². The van der Waals surface area contributed by atoms with Crippen molar-refractivity contribution in [1.82, 2.24) is 9.55 Å². The van der Waals surface area contributed by atoms with Crippen LogP contribution in [0.3, 0.4) is 0 Å². The number of imidazole rings is 1. The molecule has 0 radical (unpaired) electrons. The van der Waals surface area contributed by atoms with Gasteiger partial charge >= 0.3 is 0 Å². The first-order valence-electron chi connectivity index (χ1n) is 8.28. The molecule has 0 aliphatic rings. The molecule has 0 fully saturated rings. The summed E-state index contributed by atoms with van der Waals surface area (Å²) >= 11 is 1.51. The first-order valence-corrected chi connectivity index (χ1v) is 9.16. The van der Waals surface area contributed by atoms with Gasteiger partial charge < -0.3 is 4.57 Å². The second-order valence-corrected chi connectivity index (χ2v) is 6.85. The Kier molecular flexibility index (Phi) is 5.56. The van der Waals surface area contributed by atoms with Gasteiger partial charge in [-0.15, -0.1) is 0 Å². The standard InChI is InChI=1S/C20H21N3OS/c1-3-18(25-20-21-14-15-22(20)2)19(24)23(16-10-6-4-7-11-16)17-12-8-5-9-13-17/h4-15,18H,3H2,1-2H3. The average Bonchev–Trinajstić information content (AvgIpc) is 3.06. The van der Waals surface area contributed by atoms with Crippen molar-refractivity contribution in [2.45, 2.75) is 23.8 Å². The number of aryl methyl sites for hydroxylation is 1. The number of rotatable bonds is 6. The fourth-order valence-corrected chi connectivity index (χ4v) is 3.58. The summed E-state index contributed by atoms with van der Waals surface area (Å²) in [7, 11) is 1.94. The van der Waals surface area contributed by atoms with Gasteiger partial charge in [-0.1, -0.05) is 55.1 Å². The minimum Gasteiger partial charge on any atom is -0.329 e. The van der Waals surface area contributed by atoms with E-state index in [-0.39, 0.29) is 11.2 Å². The number of para-hydroxylation sites is 2. The normalized spacial score (nSPS) is 11.9. The molecule has 1 aromatic heterocycles. The number of aromatic nitrogens is 2. The fourth-order valence-electron chi connectivity index (χ4n) is 2.60. The lowest BCUT2D eigenvalue weighted by molar-refractivity contribution is -0.117. The van der Waals surface area contributed by atoms with Gasteiger partial charge in [-0.3, -0.25) is 9.69 Å². The Morgan fingerprint density at radius 3 is 2.08 bits per heavy atom. The van der Waals surface area contributed by atoms with Crippen molar-refractivity contribution in [2.24, 2.45) is 7.05 Å². The number of hydrogen-bond donors (Lipinski definition) is 0. The van der Waals surface area contributed by atoms with Crippen molar-refractivity contribution in [3.05, 3.63) is 73.1 Å². The summed E-state index contributed by atoms with van der Waals surface area (Å²) in [6, 6.07) is 19.6. The third kappa shape index (κ3) is 3.94. The molecule has 3 rings (SSSR count). The van der Waals surface area contributed by atoms with Gasteiger partial charge in [0.25, 0.3) is 0 Å². The number of carbonyl (C=O) groups is 1. The quantitative estimate of drug-likeness (QED) is 0.607. The van der Waals surface area contributed by atoms with Crippen LogP contribution in [0.1, 0.15) is 13.3 Å². The molecular weight excluding hydrogens is 330 g/mol. The second-order valence-electron chi connectivity index (χ2n) is 5.68. The summed E-state index contributed by atoms with van der Waals surface area (Å²) in [5, 5.41) is 0.641. The molecule has 0 aliphatic carbocycles. The molecule has 4 nitrogen and oxygen atoms in total. The largest absolute Gasteiger partial charge is 0.329 e. The van der Waals surface area contributed by atoms with Crippen molar-refractivity contribution in [3.8, 4) is 0 Å². The van der Waals surface area contributed by atoms with Gasteiger partial charge in [-0.25, -0.2) is 4.98 Å². The Labute approximate surface area is 152 Å². The number of amides is 1. The minimum atomic E-state index is -0.207. The van der Waals surface area contributed by atoms with Crippen LogP contribution in [0.15, 0.2) is 78.2 Å². The number of carbonyl (C=O) groups excluding carboxylic acids is 1. The molecule has 1 atom stereocenters. The SMILES string of the molecule is CCC(Sc1nccn1C)C(=O)N(c1ccccc1)c1ccccc1. The molecule has 128 valence electrons. The summed E-state index contributed by atoms with van der Waals surface area (Å²) in [5.41, 5.74) is 1.75. The molecule has 0 bridgehead atoms. The van der Waals surface area contributed by atoms with Crippen molar-refractivity contribution in [3.63, 3.8) is 0 Å². The molecule has 5 heteroatoms. The highest BCUT2D eigenvalue weighted by atomic mass is 32.2. The Bertz CT molecular complexity index is 778. The number of thioether (sulfide) groups is 1. The third-order valence-corrected chi connectivity index (χ3v) is 5.34. The first kappa shape index (κ1) is 17.3. The van der Waals surface area contributed by atoms with Gasteiger partial charge in [0.2, 0.25) is 5.91 Å². The molecule has 0 saturated heterocycles. The highest BCUT2D eigenvalue weighted by molar-refractivity contribution is 8.00. The van der Waals surface area contributed by atoms with E-state index in [9.17, 15) is 4.79 Å². The van der Waals surface area contributed by atoms with E-state index in [2.05, 4.69) is 4.98 Å². The van der Waals surface area contributed by atoms with Crippen molar-refractivity contribution >= 4 is 29.0 Å². The summed E-state index contributed by atoms with van der Waals surface area (Å²) < 4.78 is 1.94. The van der Waals surface area contributed by atoms with E-state index < -0.39 is 0 Å². The molecule has 25 heavy (non-hydrogen) atoms. The summed E-state index contributed by atoms with van der Waals surface area (Å²) in [6.45, 7) is 2.03. The maximum atomic E-state index is 13.4. The molecule has 1 heterocycles. The van der Waals surface area contributed by atoms with Crippen molar-refractivity contribution in [1.29, 1.82) is 0 Å². The second kappa shape index (κ2) is 8.03. The minimum absolute atomic E-state index is 0.0629. The Morgan fingerprint density at radius 1 is 1.08 bits per heavy atom. The van der Waals surface area contributed by atoms with Gasteiger partial charge in [0.15, 0.2) is 5.16 Å². The monoisotopic (exact) mass is 351 g/mol. The fraction of sp³-hybridized carbons (Fsp3) is 0.200.